The molecule has 0 radical (unpaired) electrons. The molecule has 0 aliphatic rings. The number of halogens is 3. The summed E-state index contributed by atoms with van der Waals surface area (Å²) >= 11 is 0. The van der Waals surface area contributed by atoms with E-state index >= 15 is 0 Å². The van der Waals surface area contributed by atoms with Crippen molar-refractivity contribution in [3.63, 3.8) is 0 Å². The van der Waals surface area contributed by atoms with Crippen molar-refractivity contribution in [2.45, 2.75) is 26.1 Å². The molecule has 1 aromatic rings. The zero-order valence-corrected chi connectivity index (χ0v) is 9.55. The average Bonchev–Trinajstić information content (AvgIpc) is 2.25. The molecule has 1 N–H and O–H groups in total. The van der Waals surface area contributed by atoms with Gasteiger partial charge in [0.25, 0.3) is 5.56 Å². The lowest BCUT2D eigenvalue weighted by molar-refractivity contribution is -0.138. The molecule has 0 amide bonds. The van der Waals surface area contributed by atoms with Crippen LogP contribution in [0.5, 0.6) is 0 Å². The first-order valence-corrected chi connectivity index (χ1v) is 5.43. The highest BCUT2D eigenvalue weighted by atomic mass is 19.4. The molecule has 0 saturated carbocycles. The van der Waals surface area contributed by atoms with Crippen LogP contribution in [0.1, 0.15) is 18.9 Å². The highest BCUT2D eigenvalue weighted by molar-refractivity contribution is 5.13. The number of nitrogens with zero attached hydrogens (tertiary/aromatic N) is 1. The number of rotatable bonds is 5. The first kappa shape index (κ1) is 13.8. The van der Waals surface area contributed by atoms with Crippen LogP contribution in [0.15, 0.2) is 23.1 Å². The maximum absolute atomic E-state index is 12.4. The van der Waals surface area contributed by atoms with Crippen LogP contribution < -0.4 is 10.9 Å². The number of nitrogens with one attached hydrogen (secondary N) is 1. The normalized spacial score (nSPS) is 11.8. The quantitative estimate of drug-likeness (QED) is 0.807. The minimum absolute atomic E-state index is 0.239. The molecule has 0 saturated heterocycles. The number of aromatic nitrogens is 1. The Labute approximate surface area is 97.3 Å². The fourth-order valence-corrected chi connectivity index (χ4v) is 1.38. The Balaban J connectivity index is 2.74. The molecular formula is C11H15F3N2O. The van der Waals surface area contributed by atoms with Gasteiger partial charge in [-0.1, -0.05) is 6.92 Å². The molecule has 6 heteroatoms. The molecule has 17 heavy (non-hydrogen) atoms. The van der Waals surface area contributed by atoms with E-state index in [4.69, 9.17) is 0 Å². The predicted octanol–water partition coefficient (Wildman–Crippen LogP) is 1.87. The van der Waals surface area contributed by atoms with E-state index in [-0.39, 0.29) is 6.54 Å². The van der Waals surface area contributed by atoms with E-state index in [0.29, 0.717) is 6.54 Å². The van der Waals surface area contributed by atoms with E-state index in [2.05, 4.69) is 5.32 Å². The van der Waals surface area contributed by atoms with Crippen LogP contribution in [0.4, 0.5) is 13.2 Å². The summed E-state index contributed by atoms with van der Waals surface area (Å²) in [5.41, 5.74) is -1.22. The summed E-state index contributed by atoms with van der Waals surface area (Å²) in [5, 5.41) is 3.03. The summed E-state index contributed by atoms with van der Waals surface area (Å²) in [4.78, 5) is 11.3. The topological polar surface area (TPSA) is 34.0 Å². The Hall–Kier alpha value is -1.30. The fourth-order valence-electron chi connectivity index (χ4n) is 1.38. The Bertz CT molecular complexity index is 412. The third-order valence-corrected chi connectivity index (χ3v) is 2.27. The molecular weight excluding hydrogens is 233 g/mol. The van der Waals surface area contributed by atoms with Crippen LogP contribution in [-0.2, 0) is 12.7 Å². The van der Waals surface area contributed by atoms with Crippen LogP contribution in [-0.4, -0.2) is 17.7 Å². The standard InChI is InChI=1S/C11H15F3N2O/c1-2-5-15-6-7-16-8-9(11(12,13)14)3-4-10(16)17/h3-4,8,15H,2,5-7H2,1H3. The van der Waals surface area contributed by atoms with Crippen molar-refractivity contribution in [3.8, 4) is 0 Å². The summed E-state index contributed by atoms with van der Waals surface area (Å²) in [6.45, 7) is 3.50. The Morgan fingerprint density at radius 2 is 2.00 bits per heavy atom. The van der Waals surface area contributed by atoms with Gasteiger partial charge in [0.15, 0.2) is 0 Å². The van der Waals surface area contributed by atoms with E-state index in [0.717, 1.165) is 35.9 Å². The smallest absolute Gasteiger partial charge is 0.315 e. The van der Waals surface area contributed by atoms with Gasteiger partial charge in [-0.05, 0) is 19.0 Å². The van der Waals surface area contributed by atoms with E-state index < -0.39 is 17.3 Å². The predicted molar refractivity (Wildman–Crippen MR) is 58.9 cm³/mol. The van der Waals surface area contributed by atoms with Crippen molar-refractivity contribution in [2.24, 2.45) is 0 Å². The van der Waals surface area contributed by atoms with Gasteiger partial charge in [-0.25, -0.2) is 0 Å². The SMILES string of the molecule is CCCNCCn1cc(C(F)(F)F)ccc1=O. The van der Waals surface area contributed by atoms with Gasteiger partial charge in [0, 0.05) is 25.4 Å². The summed E-state index contributed by atoms with van der Waals surface area (Å²) in [6, 6.07) is 1.75. The lowest BCUT2D eigenvalue weighted by atomic mass is 10.3. The highest BCUT2D eigenvalue weighted by Crippen LogP contribution is 2.27. The van der Waals surface area contributed by atoms with Gasteiger partial charge in [0.2, 0.25) is 0 Å². The van der Waals surface area contributed by atoms with Gasteiger partial charge >= 0.3 is 6.18 Å². The molecule has 0 aromatic carbocycles. The summed E-state index contributed by atoms with van der Waals surface area (Å²) in [5.74, 6) is 0. The van der Waals surface area contributed by atoms with Crippen molar-refractivity contribution in [3.05, 3.63) is 34.2 Å². The molecule has 0 atom stereocenters. The minimum atomic E-state index is -4.41. The summed E-state index contributed by atoms with van der Waals surface area (Å²) in [6.07, 6.45) is -2.61. The lowest BCUT2D eigenvalue weighted by Gasteiger charge is -2.10. The molecule has 0 unspecified atom stereocenters. The van der Waals surface area contributed by atoms with E-state index in [9.17, 15) is 18.0 Å². The van der Waals surface area contributed by atoms with Gasteiger partial charge < -0.3 is 9.88 Å². The maximum Gasteiger partial charge on any atom is 0.417 e. The highest BCUT2D eigenvalue weighted by Gasteiger charge is 2.30. The zero-order chi connectivity index (χ0) is 12.9. The van der Waals surface area contributed by atoms with E-state index in [1.54, 1.807) is 0 Å². The third-order valence-electron chi connectivity index (χ3n) is 2.27. The van der Waals surface area contributed by atoms with Crippen molar-refractivity contribution in [1.82, 2.24) is 9.88 Å². The van der Waals surface area contributed by atoms with E-state index in [1.807, 2.05) is 6.92 Å². The Morgan fingerprint density at radius 3 is 2.59 bits per heavy atom. The molecule has 0 spiro atoms. The molecule has 0 aliphatic heterocycles. The zero-order valence-electron chi connectivity index (χ0n) is 9.55. The molecule has 0 aliphatic carbocycles. The molecule has 1 aromatic heterocycles. The third kappa shape index (κ3) is 4.22. The van der Waals surface area contributed by atoms with Crippen molar-refractivity contribution in [2.75, 3.05) is 13.1 Å². The van der Waals surface area contributed by atoms with Crippen LogP contribution >= 0.6 is 0 Å². The van der Waals surface area contributed by atoms with Gasteiger partial charge in [0.1, 0.15) is 0 Å². The molecule has 0 bridgehead atoms. The van der Waals surface area contributed by atoms with Crippen LogP contribution in [0.3, 0.4) is 0 Å². The fraction of sp³-hybridized carbons (Fsp3) is 0.545. The lowest BCUT2D eigenvalue weighted by Crippen LogP contribution is -2.27. The van der Waals surface area contributed by atoms with Crippen LogP contribution in [0, 0.1) is 0 Å². The molecule has 0 fully saturated rings. The average molecular weight is 248 g/mol. The minimum Gasteiger partial charge on any atom is -0.315 e. The second-order valence-electron chi connectivity index (χ2n) is 3.70. The van der Waals surface area contributed by atoms with Crippen molar-refractivity contribution in [1.29, 1.82) is 0 Å². The maximum atomic E-state index is 12.4. The summed E-state index contributed by atoms with van der Waals surface area (Å²) < 4.78 is 38.3. The molecule has 96 valence electrons. The van der Waals surface area contributed by atoms with Gasteiger partial charge in [-0.15, -0.1) is 0 Å². The van der Waals surface area contributed by atoms with E-state index in [1.165, 1.54) is 0 Å². The molecule has 1 heterocycles. The number of pyridine rings is 1. The Morgan fingerprint density at radius 1 is 1.29 bits per heavy atom. The van der Waals surface area contributed by atoms with Gasteiger partial charge in [-0.2, -0.15) is 13.2 Å². The molecule has 1 rings (SSSR count). The van der Waals surface area contributed by atoms with Crippen molar-refractivity contribution < 1.29 is 13.2 Å². The van der Waals surface area contributed by atoms with Crippen LogP contribution in [0.2, 0.25) is 0 Å². The summed E-state index contributed by atoms with van der Waals surface area (Å²) in [7, 11) is 0. The number of hydrogen-bond acceptors (Lipinski definition) is 2. The van der Waals surface area contributed by atoms with Crippen LogP contribution in [0.25, 0.3) is 0 Å². The first-order valence-electron chi connectivity index (χ1n) is 5.43. The second-order valence-corrected chi connectivity index (χ2v) is 3.70. The number of hydrogen-bond donors (Lipinski definition) is 1. The van der Waals surface area contributed by atoms with Gasteiger partial charge in [-0.3, -0.25) is 4.79 Å². The second kappa shape index (κ2) is 5.86. The molecule has 3 nitrogen and oxygen atoms in total. The monoisotopic (exact) mass is 248 g/mol. The first-order chi connectivity index (χ1) is 7.95. The van der Waals surface area contributed by atoms with Crippen molar-refractivity contribution >= 4 is 0 Å². The van der Waals surface area contributed by atoms with Gasteiger partial charge in [0.05, 0.1) is 5.56 Å². The Kier molecular flexibility index (Phi) is 4.74. The largest absolute Gasteiger partial charge is 0.417 e. The number of alkyl halides is 3.